The van der Waals surface area contributed by atoms with Crippen LogP contribution in [0.15, 0.2) is 24.3 Å². The van der Waals surface area contributed by atoms with Gasteiger partial charge in [-0.05, 0) is 70.6 Å². The van der Waals surface area contributed by atoms with Gasteiger partial charge < -0.3 is 24.8 Å². The van der Waals surface area contributed by atoms with Crippen LogP contribution in [-0.2, 0) is 42.3 Å². The van der Waals surface area contributed by atoms with Gasteiger partial charge in [-0.2, -0.15) is 0 Å². The van der Waals surface area contributed by atoms with E-state index in [2.05, 4.69) is 43.5 Å². The number of nitrogens with one attached hydrogen (secondary N) is 1. The van der Waals surface area contributed by atoms with Crippen molar-refractivity contribution in [2.75, 3.05) is 26.4 Å². The number of aliphatic carboxylic acids is 1. The van der Waals surface area contributed by atoms with Crippen LogP contribution in [0, 0.1) is 0 Å². The van der Waals surface area contributed by atoms with E-state index in [1.165, 1.54) is 77.0 Å². The lowest BCUT2D eigenvalue weighted by Crippen LogP contribution is -2.30. The molecule has 0 fully saturated rings. The molecule has 3 N–H and O–H groups in total. The highest BCUT2D eigenvalue weighted by molar-refractivity contribution is 7.47. The van der Waals surface area contributed by atoms with Crippen molar-refractivity contribution in [3.63, 3.8) is 0 Å². The molecule has 12 nitrogen and oxygen atoms in total. The number of carbonyl (C=O) groups excluding carboxylic acids is 3. The van der Waals surface area contributed by atoms with E-state index in [9.17, 15) is 28.6 Å². The molecule has 0 aliphatic rings. The summed E-state index contributed by atoms with van der Waals surface area (Å²) < 4.78 is 33.4. The Kier molecular flexibility index (Phi) is 40.4. The predicted octanol–water partition coefficient (Wildman–Crippen LogP) is 12.0. The maximum atomic E-state index is 12.7. The van der Waals surface area contributed by atoms with Gasteiger partial charge >= 0.3 is 25.7 Å². The number of allylic oxidation sites excluding steroid dienone is 4. The lowest BCUT2D eigenvalue weighted by molar-refractivity contribution is -0.161. The van der Waals surface area contributed by atoms with Crippen molar-refractivity contribution in [2.45, 2.75) is 219 Å². The summed E-state index contributed by atoms with van der Waals surface area (Å²) in [5.74, 6) is -2.36. The minimum absolute atomic E-state index is 0.000390. The Hall–Kier alpha value is -2.53. The van der Waals surface area contributed by atoms with Gasteiger partial charge in [0.25, 0.3) is 0 Å². The first-order chi connectivity index (χ1) is 28.6. The zero-order chi connectivity index (χ0) is 43.5. The molecule has 0 saturated carbocycles. The third kappa shape index (κ3) is 43.4. The van der Waals surface area contributed by atoms with E-state index >= 15 is 0 Å². The zero-order valence-electron chi connectivity index (χ0n) is 37.2. The summed E-state index contributed by atoms with van der Waals surface area (Å²) in [6.07, 6.45) is 38.2. The van der Waals surface area contributed by atoms with E-state index in [1.54, 1.807) is 0 Å². The maximum absolute atomic E-state index is 12.7. The number of hydrogen-bond acceptors (Lipinski definition) is 9. The molecular weight excluding hydrogens is 773 g/mol. The minimum atomic E-state index is -4.60. The van der Waals surface area contributed by atoms with Crippen molar-refractivity contribution < 1.29 is 52.3 Å². The molecule has 0 aromatic rings. The second kappa shape index (κ2) is 42.2. The Morgan fingerprint density at radius 3 is 1.46 bits per heavy atom. The SMILES string of the molecule is CCCCCCCC/C=C/CCCCCCCC(=O)OC[C@H](COP(=O)(O)OCCNC(=O)CCCC(=O)O)OC(=O)CCCCCCC/C=C/CCCCCCCC. The molecule has 2 atom stereocenters. The lowest BCUT2D eigenvalue weighted by Gasteiger charge is -2.20. The molecule has 0 rings (SSSR count). The zero-order valence-corrected chi connectivity index (χ0v) is 38.0. The van der Waals surface area contributed by atoms with E-state index in [4.69, 9.17) is 23.6 Å². The van der Waals surface area contributed by atoms with Crippen molar-refractivity contribution in [2.24, 2.45) is 0 Å². The van der Waals surface area contributed by atoms with Gasteiger partial charge in [0, 0.05) is 32.2 Å². The molecular formula is C46H84NO11P. The summed E-state index contributed by atoms with van der Waals surface area (Å²) >= 11 is 0. The quantitative estimate of drug-likeness (QED) is 0.0230. The fourth-order valence-electron chi connectivity index (χ4n) is 6.35. The summed E-state index contributed by atoms with van der Waals surface area (Å²) in [5.41, 5.74) is 0. The first-order valence-corrected chi connectivity index (χ1v) is 24.8. The van der Waals surface area contributed by atoms with Crippen molar-refractivity contribution in [1.82, 2.24) is 5.32 Å². The van der Waals surface area contributed by atoms with Crippen LogP contribution in [0.4, 0.5) is 0 Å². The van der Waals surface area contributed by atoms with Gasteiger partial charge in [-0.15, -0.1) is 0 Å². The Labute approximate surface area is 358 Å². The van der Waals surface area contributed by atoms with Gasteiger partial charge in [0.15, 0.2) is 6.10 Å². The Bertz CT molecular complexity index is 1150. The van der Waals surface area contributed by atoms with E-state index in [-0.39, 0.29) is 51.9 Å². The lowest BCUT2D eigenvalue weighted by atomic mass is 10.1. The molecule has 0 aliphatic carbocycles. The number of carboxylic acids is 1. The molecule has 13 heteroatoms. The fraction of sp³-hybridized carbons (Fsp3) is 0.826. The number of carboxylic acid groups (broad SMARTS) is 1. The van der Waals surface area contributed by atoms with Crippen LogP contribution in [0.1, 0.15) is 213 Å². The highest BCUT2D eigenvalue weighted by atomic mass is 31.2. The van der Waals surface area contributed by atoms with Crippen LogP contribution in [0.25, 0.3) is 0 Å². The molecule has 1 unspecified atom stereocenters. The Balaban J connectivity index is 4.54. The van der Waals surface area contributed by atoms with Crippen LogP contribution in [0.3, 0.4) is 0 Å². The molecule has 0 aliphatic heterocycles. The molecule has 0 saturated heterocycles. The van der Waals surface area contributed by atoms with Crippen LogP contribution in [0.2, 0.25) is 0 Å². The van der Waals surface area contributed by atoms with Crippen molar-refractivity contribution in [3.8, 4) is 0 Å². The number of esters is 2. The Morgan fingerprint density at radius 1 is 0.542 bits per heavy atom. The first kappa shape index (κ1) is 56.5. The number of ether oxygens (including phenoxy) is 2. The molecule has 0 aromatic heterocycles. The second-order valence-corrected chi connectivity index (χ2v) is 17.1. The highest BCUT2D eigenvalue weighted by Gasteiger charge is 2.26. The minimum Gasteiger partial charge on any atom is -0.481 e. The molecule has 0 bridgehead atoms. The molecule has 59 heavy (non-hydrogen) atoms. The van der Waals surface area contributed by atoms with Gasteiger partial charge in [0.2, 0.25) is 5.91 Å². The highest BCUT2D eigenvalue weighted by Crippen LogP contribution is 2.43. The third-order valence-electron chi connectivity index (χ3n) is 9.91. The smallest absolute Gasteiger partial charge is 0.472 e. The van der Waals surface area contributed by atoms with Gasteiger partial charge in [0.1, 0.15) is 6.61 Å². The van der Waals surface area contributed by atoms with Gasteiger partial charge in [-0.25, -0.2) is 4.57 Å². The number of phosphoric acid groups is 1. The molecule has 0 aromatic carbocycles. The standard InChI is InChI=1S/C46H84NO11P/c1-3-5-7-9-11-13-15-17-19-21-23-25-27-29-31-36-45(51)55-40-42(41-57-59(53,54)56-39-38-47-43(48)34-33-35-44(49)50)58-46(52)37-32-30-28-26-24-22-20-18-16-14-12-10-8-6-4-2/h17-20,42H,3-16,21-41H2,1-2H3,(H,47,48)(H,49,50)(H,53,54)/b19-17+,20-18+/t42-/m1/s1. The normalized spacial score (nSPS) is 13.1. The summed E-state index contributed by atoms with van der Waals surface area (Å²) in [6.45, 7) is 3.18. The van der Waals surface area contributed by atoms with E-state index in [1.807, 2.05) is 0 Å². The third-order valence-corrected chi connectivity index (χ3v) is 10.9. The van der Waals surface area contributed by atoms with E-state index < -0.39 is 44.3 Å². The van der Waals surface area contributed by atoms with Crippen LogP contribution in [0.5, 0.6) is 0 Å². The van der Waals surface area contributed by atoms with Gasteiger partial charge in [-0.3, -0.25) is 28.2 Å². The molecule has 344 valence electrons. The van der Waals surface area contributed by atoms with Crippen molar-refractivity contribution in [3.05, 3.63) is 24.3 Å². The number of unbranched alkanes of at least 4 members (excludes halogenated alkanes) is 22. The van der Waals surface area contributed by atoms with E-state index in [0.29, 0.717) is 12.8 Å². The number of amides is 1. The first-order valence-electron chi connectivity index (χ1n) is 23.3. The molecule has 0 spiro atoms. The second-order valence-electron chi connectivity index (χ2n) is 15.7. The maximum Gasteiger partial charge on any atom is 0.472 e. The summed E-state index contributed by atoms with van der Waals surface area (Å²) in [7, 11) is -4.60. The number of carbonyl (C=O) groups is 4. The number of phosphoric ester groups is 1. The predicted molar refractivity (Wildman–Crippen MR) is 236 cm³/mol. The summed E-state index contributed by atoms with van der Waals surface area (Å²) in [5, 5.41) is 11.2. The van der Waals surface area contributed by atoms with Crippen LogP contribution in [-0.4, -0.2) is 66.3 Å². The molecule has 0 radical (unpaired) electrons. The average Bonchev–Trinajstić information content (AvgIpc) is 3.20. The summed E-state index contributed by atoms with van der Waals surface area (Å²) in [4.78, 5) is 57.8. The van der Waals surface area contributed by atoms with Crippen LogP contribution >= 0.6 is 7.82 Å². The van der Waals surface area contributed by atoms with Gasteiger partial charge in [-0.1, -0.05) is 141 Å². The van der Waals surface area contributed by atoms with Gasteiger partial charge in [0.05, 0.1) is 13.2 Å². The largest absolute Gasteiger partial charge is 0.481 e. The molecule has 0 heterocycles. The van der Waals surface area contributed by atoms with E-state index in [0.717, 1.165) is 77.0 Å². The average molecular weight is 858 g/mol. The number of rotatable bonds is 44. The van der Waals surface area contributed by atoms with Crippen LogP contribution < -0.4 is 5.32 Å². The topological polar surface area (TPSA) is 175 Å². The summed E-state index contributed by atoms with van der Waals surface area (Å²) in [6, 6.07) is 0. The fourth-order valence-corrected chi connectivity index (χ4v) is 7.10. The monoisotopic (exact) mass is 858 g/mol. The Morgan fingerprint density at radius 2 is 0.983 bits per heavy atom. The van der Waals surface area contributed by atoms with Crippen molar-refractivity contribution >= 4 is 31.6 Å². The van der Waals surface area contributed by atoms with Crippen molar-refractivity contribution in [1.29, 1.82) is 0 Å². The molecule has 1 amide bonds. The number of hydrogen-bond donors (Lipinski definition) is 3.